The minimum atomic E-state index is -0.488. The molecular weight excluding hydrogens is 252 g/mol. The van der Waals surface area contributed by atoms with Crippen molar-refractivity contribution >= 4 is 0 Å². The average molecular weight is 274 g/mol. The number of hydrogen-bond donors (Lipinski definition) is 1. The maximum absolute atomic E-state index is 10.3. The second-order valence-electron chi connectivity index (χ2n) is 6.89. The molecule has 2 atom stereocenters. The van der Waals surface area contributed by atoms with Crippen molar-refractivity contribution in [1.82, 2.24) is 0 Å². The van der Waals surface area contributed by atoms with E-state index in [1.165, 1.54) is 22.3 Å². The first-order valence-corrected chi connectivity index (χ1v) is 7.70. The van der Waals surface area contributed by atoms with E-state index in [1.54, 1.807) is 0 Å². The maximum atomic E-state index is 10.3. The van der Waals surface area contributed by atoms with E-state index < -0.39 is 5.60 Å². The number of hydrogen-bond acceptors (Lipinski definition) is 3. The zero-order chi connectivity index (χ0) is 14.1. The Labute approximate surface area is 119 Å². The normalized spacial score (nSPS) is 28.6. The van der Waals surface area contributed by atoms with E-state index in [0.717, 1.165) is 43.6 Å². The lowest BCUT2D eigenvalue weighted by Gasteiger charge is -2.18. The van der Waals surface area contributed by atoms with Crippen LogP contribution >= 0.6 is 0 Å². The summed E-state index contributed by atoms with van der Waals surface area (Å²) in [6, 6.07) is 0. The smallest absolute Gasteiger partial charge is 0.127 e. The highest BCUT2D eigenvalue weighted by Crippen LogP contribution is 2.50. The molecule has 0 amide bonds. The van der Waals surface area contributed by atoms with Crippen molar-refractivity contribution in [1.29, 1.82) is 0 Å². The van der Waals surface area contributed by atoms with Crippen molar-refractivity contribution in [2.24, 2.45) is 0 Å². The van der Waals surface area contributed by atoms with Gasteiger partial charge in [0, 0.05) is 36.0 Å². The van der Waals surface area contributed by atoms with Gasteiger partial charge in [-0.15, -0.1) is 0 Å². The highest BCUT2D eigenvalue weighted by Gasteiger charge is 2.44. The van der Waals surface area contributed by atoms with Crippen LogP contribution in [0.3, 0.4) is 0 Å². The van der Waals surface area contributed by atoms with Crippen LogP contribution < -0.4 is 9.47 Å². The summed E-state index contributed by atoms with van der Waals surface area (Å²) in [5.41, 5.74) is 4.55. The van der Waals surface area contributed by atoms with E-state index in [9.17, 15) is 5.11 Å². The van der Waals surface area contributed by atoms with Gasteiger partial charge in [-0.1, -0.05) is 0 Å². The topological polar surface area (TPSA) is 38.7 Å². The standard InChI is InChI=1S/C17H22O3/c1-9-6-12-11(3)15-13(7-10(2)19-15)14(16(12)20-9)8-17(18)4-5-17/h9-10,18H,4-8H2,1-3H3. The molecule has 1 saturated carbocycles. The molecule has 1 N–H and O–H groups in total. The number of aliphatic hydroxyl groups is 1. The lowest BCUT2D eigenvalue weighted by atomic mass is 9.90. The lowest BCUT2D eigenvalue weighted by molar-refractivity contribution is 0.148. The van der Waals surface area contributed by atoms with Gasteiger partial charge in [-0.05, 0) is 39.2 Å². The molecule has 1 fully saturated rings. The number of benzene rings is 1. The third-order valence-electron chi connectivity index (χ3n) is 4.93. The highest BCUT2D eigenvalue weighted by molar-refractivity contribution is 5.62. The molecule has 0 saturated heterocycles. The minimum absolute atomic E-state index is 0.233. The largest absolute Gasteiger partial charge is 0.490 e. The molecule has 2 unspecified atom stereocenters. The first-order valence-electron chi connectivity index (χ1n) is 7.70. The van der Waals surface area contributed by atoms with Crippen molar-refractivity contribution in [3.63, 3.8) is 0 Å². The lowest BCUT2D eigenvalue weighted by Crippen LogP contribution is -2.14. The van der Waals surface area contributed by atoms with E-state index >= 15 is 0 Å². The van der Waals surface area contributed by atoms with E-state index in [-0.39, 0.29) is 12.2 Å². The molecule has 20 heavy (non-hydrogen) atoms. The summed E-state index contributed by atoms with van der Waals surface area (Å²) in [5, 5.41) is 10.3. The molecular formula is C17H22O3. The van der Waals surface area contributed by atoms with Gasteiger partial charge in [0.25, 0.3) is 0 Å². The summed E-state index contributed by atoms with van der Waals surface area (Å²) in [4.78, 5) is 0. The zero-order valence-corrected chi connectivity index (χ0v) is 12.5. The van der Waals surface area contributed by atoms with Gasteiger partial charge in [0.05, 0.1) is 5.60 Å². The van der Waals surface area contributed by atoms with Crippen molar-refractivity contribution in [2.75, 3.05) is 0 Å². The summed E-state index contributed by atoms with van der Waals surface area (Å²) in [7, 11) is 0. The van der Waals surface area contributed by atoms with Gasteiger partial charge in [0.2, 0.25) is 0 Å². The van der Waals surface area contributed by atoms with Gasteiger partial charge < -0.3 is 14.6 Å². The Morgan fingerprint density at radius 1 is 1.05 bits per heavy atom. The molecule has 0 spiro atoms. The van der Waals surface area contributed by atoms with Crippen LogP contribution in [-0.4, -0.2) is 22.9 Å². The number of rotatable bonds is 2. The summed E-state index contributed by atoms with van der Waals surface area (Å²) in [5.74, 6) is 2.11. The molecule has 0 aromatic heterocycles. The molecule has 3 aliphatic rings. The second-order valence-corrected chi connectivity index (χ2v) is 6.89. The quantitative estimate of drug-likeness (QED) is 0.901. The van der Waals surface area contributed by atoms with Gasteiger partial charge in [-0.3, -0.25) is 0 Å². The van der Waals surface area contributed by atoms with Crippen LogP contribution in [0.2, 0.25) is 0 Å². The fraction of sp³-hybridized carbons (Fsp3) is 0.647. The molecule has 108 valence electrons. The Bertz CT molecular complexity index is 547. The van der Waals surface area contributed by atoms with Crippen LogP contribution in [0.4, 0.5) is 0 Å². The van der Waals surface area contributed by atoms with Crippen LogP contribution in [0.5, 0.6) is 11.5 Å². The molecule has 0 radical (unpaired) electrons. The predicted molar refractivity (Wildman–Crippen MR) is 76.7 cm³/mol. The van der Waals surface area contributed by atoms with Crippen LogP contribution in [0.15, 0.2) is 0 Å². The molecule has 2 heterocycles. The van der Waals surface area contributed by atoms with Crippen LogP contribution in [0.1, 0.15) is 48.9 Å². The third kappa shape index (κ3) is 1.76. The number of ether oxygens (including phenoxy) is 2. The van der Waals surface area contributed by atoms with Gasteiger partial charge in [0.15, 0.2) is 0 Å². The average Bonchev–Trinajstić information content (AvgIpc) is 2.82. The number of fused-ring (bicyclic) bond motifs is 2. The Kier molecular flexibility index (Phi) is 2.45. The molecule has 1 aliphatic carbocycles. The van der Waals surface area contributed by atoms with E-state index in [2.05, 4.69) is 20.8 Å². The van der Waals surface area contributed by atoms with Crippen LogP contribution in [-0.2, 0) is 19.3 Å². The van der Waals surface area contributed by atoms with Crippen molar-refractivity contribution in [2.45, 2.75) is 70.7 Å². The first-order chi connectivity index (χ1) is 9.47. The SMILES string of the molecule is Cc1c2c(c(CC3(O)CC3)c3c1OC(C)C3)OC(C)C2. The molecule has 0 bridgehead atoms. The predicted octanol–water partition coefficient (Wildman–Crippen LogP) is 2.71. The van der Waals surface area contributed by atoms with Gasteiger partial charge in [-0.25, -0.2) is 0 Å². The Morgan fingerprint density at radius 2 is 1.65 bits per heavy atom. The second kappa shape index (κ2) is 3.91. The molecule has 3 heteroatoms. The molecule has 3 nitrogen and oxygen atoms in total. The van der Waals surface area contributed by atoms with Crippen LogP contribution in [0, 0.1) is 6.92 Å². The Balaban J connectivity index is 1.88. The fourth-order valence-electron chi connectivity index (χ4n) is 3.65. The van der Waals surface area contributed by atoms with Crippen molar-refractivity contribution in [3.05, 3.63) is 22.3 Å². The van der Waals surface area contributed by atoms with Gasteiger partial charge in [-0.2, -0.15) is 0 Å². The van der Waals surface area contributed by atoms with E-state index in [4.69, 9.17) is 9.47 Å². The summed E-state index contributed by atoms with van der Waals surface area (Å²) < 4.78 is 12.1. The Morgan fingerprint density at radius 3 is 2.30 bits per heavy atom. The minimum Gasteiger partial charge on any atom is -0.490 e. The summed E-state index contributed by atoms with van der Waals surface area (Å²) in [6.07, 6.45) is 4.91. The first kappa shape index (κ1) is 12.5. The van der Waals surface area contributed by atoms with E-state index in [0.29, 0.717) is 0 Å². The zero-order valence-electron chi connectivity index (χ0n) is 12.5. The third-order valence-corrected chi connectivity index (χ3v) is 4.93. The van der Waals surface area contributed by atoms with Gasteiger partial charge >= 0.3 is 0 Å². The monoisotopic (exact) mass is 274 g/mol. The van der Waals surface area contributed by atoms with E-state index in [1.807, 2.05) is 0 Å². The summed E-state index contributed by atoms with van der Waals surface area (Å²) >= 11 is 0. The molecule has 4 rings (SSSR count). The molecule has 2 aliphatic heterocycles. The highest BCUT2D eigenvalue weighted by atomic mass is 16.5. The maximum Gasteiger partial charge on any atom is 0.127 e. The van der Waals surface area contributed by atoms with Crippen molar-refractivity contribution < 1.29 is 14.6 Å². The van der Waals surface area contributed by atoms with Gasteiger partial charge in [0.1, 0.15) is 23.7 Å². The summed E-state index contributed by atoms with van der Waals surface area (Å²) in [6.45, 7) is 6.38. The van der Waals surface area contributed by atoms with Crippen molar-refractivity contribution in [3.8, 4) is 11.5 Å². The molecule has 1 aromatic carbocycles. The van der Waals surface area contributed by atoms with Crippen LogP contribution in [0.25, 0.3) is 0 Å². The Hall–Kier alpha value is -1.22. The fourth-order valence-corrected chi connectivity index (χ4v) is 3.65. The molecule has 1 aromatic rings.